The smallest absolute Gasteiger partial charge is 0.255 e. The van der Waals surface area contributed by atoms with Gasteiger partial charge >= 0.3 is 0 Å². The standard InChI is InChI=1S/C16H26FN3O/c1-4-6-7-8-12(3)20-16(21)14-10-13(17)11-19-15(14)18-9-5-2/h10-12H,4-9H2,1-3H3,(H,18,19)(H,20,21). The summed E-state index contributed by atoms with van der Waals surface area (Å²) in [4.78, 5) is 16.2. The number of nitrogens with one attached hydrogen (secondary N) is 2. The van der Waals surface area contributed by atoms with E-state index in [0.29, 0.717) is 12.4 Å². The largest absolute Gasteiger partial charge is 0.369 e. The Bertz CT molecular complexity index is 451. The molecule has 1 rings (SSSR count). The van der Waals surface area contributed by atoms with E-state index in [1.165, 1.54) is 6.07 Å². The van der Waals surface area contributed by atoms with Gasteiger partial charge in [-0.05, 0) is 25.8 Å². The van der Waals surface area contributed by atoms with Crippen LogP contribution in [0.3, 0.4) is 0 Å². The minimum atomic E-state index is -0.499. The highest BCUT2D eigenvalue weighted by molar-refractivity contribution is 5.98. The number of carbonyl (C=O) groups excluding carboxylic acids is 1. The summed E-state index contributed by atoms with van der Waals surface area (Å²) in [5, 5.41) is 5.97. The van der Waals surface area contributed by atoms with Crippen molar-refractivity contribution in [3.63, 3.8) is 0 Å². The molecule has 0 aliphatic heterocycles. The van der Waals surface area contributed by atoms with Gasteiger partial charge in [-0.2, -0.15) is 0 Å². The van der Waals surface area contributed by atoms with Crippen LogP contribution >= 0.6 is 0 Å². The highest BCUT2D eigenvalue weighted by Crippen LogP contribution is 2.14. The molecule has 4 nitrogen and oxygen atoms in total. The first-order chi connectivity index (χ1) is 10.1. The van der Waals surface area contributed by atoms with Crippen molar-refractivity contribution < 1.29 is 9.18 Å². The molecule has 0 fully saturated rings. The van der Waals surface area contributed by atoms with Gasteiger partial charge in [-0.3, -0.25) is 4.79 Å². The first kappa shape index (κ1) is 17.4. The molecular weight excluding hydrogens is 269 g/mol. The number of halogens is 1. The second-order valence-corrected chi connectivity index (χ2v) is 5.35. The number of anilines is 1. The maximum Gasteiger partial charge on any atom is 0.255 e. The Labute approximate surface area is 126 Å². The summed E-state index contributed by atoms with van der Waals surface area (Å²) >= 11 is 0. The number of amides is 1. The molecule has 21 heavy (non-hydrogen) atoms. The number of pyridine rings is 1. The normalized spacial score (nSPS) is 12.0. The number of rotatable bonds is 9. The summed E-state index contributed by atoms with van der Waals surface area (Å²) in [5.41, 5.74) is 0.269. The van der Waals surface area contributed by atoms with Gasteiger partial charge in [0.05, 0.1) is 11.8 Å². The fourth-order valence-electron chi connectivity index (χ4n) is 2.07. The number of unbranched alkanes of at least 4 members (excludes halogenated alkanes) is 2. The molecule has 1 amide bonds. The van der Waals surface area contributed by atoms with E-state index in [0.717, 1.165) is 38.3 Å². The average molecular weight is 295 g/mol. The molecule has 0 aliphatic carbocycles. The van der Waals surface area contributed by atoms with Crippen LogP contribution in [0.15, 0.2) is 12.3 Å². The summed E-state index contributed by atoms with van der Waals surface area (Å²) in [5.74, 6) is -0.332. The highest BCUT2D eigenvalue weighted by atomic mass is 19.1. The van der Waals surface area contributed by atoms with Crippen molar-refractivity contribution in [1.29, 1.82) is 0 Å². The lowest BCUT2D eigenvalue weighted by Crippen LogP contribution is -2.33. The third-order valence-electron chi connectivity index (χ3n) is 3.26. The summed E-state index contributed by atoms with van der Waals surface area (Å²) < 4.78 is 13.3. The van der Waals surface area contributed by atoms with Crippen LogP contribution in [-0.2, 0) is 0 Å². The first-order valence-corrected chi connectivity index (χ1v) is 7.78. The van der Waals surface area contributed by atoms with Gasteiger partial charge in [0.25, 0.3) is 5.91 Å². The Morgan fingerprint density at radius 3 is 2.76 bits per heavy atom. The summed E-state index contributed by atoms with van der Waals surface area (Å²) in [6.45, 7) is 6.84. The molecule has 0 saturated heterocycles. The molecular formula is C16H26FN3O. The zero-order chi connectivity index (χ0) is 15.7. The quantitative estimate of drug-likeness (QED) is 0.682. The molecule has 0 bridgehead atoms. The van der Waals surface area contributed by atoms with Crippen molar-refractivity contribution in [3.8, 4) is 0 Å². The second kappa shape index (κ2) is 9.32. The molecule has 0 aromatic carbocycles. The van der Waals surface area contributed by atoms with E-state index in [1.807, 2.05) is 13.8 Å². The van der Waals surface area contributed by atoms with Gasteiger partial charge in [0.1, 0.15) is 11.6 Å². The van der Waals surface area contributed by atoms with Crippen molar-refractivity contribution in [3.05, 3.63) is 23.6 Å². The zero-order valence-corrected chi connectivity index (χ0v) is 13.2. The van der Waals surface area contributed by atoms with Crippen LogP contribution in [0.1, 0.15) is 63.2 Å². The molecule has 0 radical (unpaired) electrons. The minimum absolute atomic E-state index is 0.0753. The Balaban J connectivity index is 2.69. The monoisotopic (exact) mass is 295 g/mol. The van der Waals surface area contributed by atoms with E-state index in [2.05, 4.69) is 22.5 Å². The molecule has 0 spiro atoms. The van der Waals surface area contributed by atoms with Crippen LogP contribution in [0, 0.1) is 5.82 Å². The molecule has 2 N–H and O–H groups in total. The molecule has 0 aliphatic rings. The fourth-order valence-corrected chi connectivity index (χ4v) is 2.07. The average Bonchev–Trinajstić information content (AvgIpc) is 2.46. The summed E-state index contributed by atoms with van der Waals surface area (Å²) in [7, 11) is 0. The Morgan fingerprint density at radius 2 is 2.10 bits per heavy atom. The van der Waals surface area contributed by atoms with Crippen molar-refractivity contribution >= 4 is 11.7 Å². The van der Waals surface area contributed by atoms with E-state index in [9.17, 15) is 9.18 Å². The Hall–Kier alpha value is -1.65. The number of carbonyl (C=O) groups is 1. The maximum atomic E-state index is 13.3. The molecule has 1 aromatic rings. The van der Waals surface area contributed by atoms with Crippen LogP contribution < -0.4 is 10.6 Å². The summed E-state index contributed by atoms with van der Waals surface area (Å²) in [6.07, 6.45) is 6.36. The highest BCUT2D eigenvalue weighted by Gasteiger charge is 2.15. The number of nitrogens with zero attached hydrogens (tertiary/aromatic N) is 1. The molecule has 1 unspecified atom stereocenters. The van der Waals surface area contributed by atoms with Crippen LogP contribution in [0.5, 0.6) is 0 Å². The van der Waals surface area contributed by atoms with Crippen molar-refractivity contribution in [2.45, 2.75) is 58.9 Å². The molecule has 0 saturated carbocycles. The van der Waals surface area contributed by atoms with Crippen LogP contribution in [0.2, 0.25) is 0 Å². The predicted octanol–water partition coefficient (Wildman–Crippen LogP) is 3.74. The lowest BCUT2D eigenvalue weighted by molar-refractivity contribution is 0.0938. The van der Waals surface area contributed by atoms with E-state index in [4.69, 9.17) is 0 Å². The van der Waals surface area contributed by atoms with Crippen molar-refractivity contribution in [2.24, 2.45) is 0 Å². The number of hydrogen-bond acceptors (Lipinski definition) is 3. The Morgan fingerprint density at radius 1 is 1.33 bits per heavy atom. The van der Waals surface area contributed by atoms with E-state index in [-0.39, 0.29) is 17.5 Å². The van der Waals surface area contributed by atoms with Crippen LogP contribution in [0.4, 0.5) is 10.2 Å². The zero-order valence-electron chi connectivity index (χ0n) is 13.2. The predicted molar refractivity (Wildman–Crippen MR) is 84.0 cm³/mol. The van der Waals surface area contributed by atoms with Gasteiger partial charge in [0.15, 0.2) is 0 Å². The van der Waals surface area contributed by atoms with Crippen LogP contribution in [0.25, 0.3) is 0 Å². The summed E-state index contributed by atoms with van der Waals surface area (Å²) in [6, 6.07) is 1.31. The van der Waals surface area contributed by atoms with Gasteiger partial charge in [0, 0.05) is 12.6 Å². The first-order valence-electron chi connectivity index (χ1n) is 7.78. The van der Waals surface area contributed by atoms with Crippen LogP contribution in [-0.4, -0.2) is 23.5 Å². The molecule has 1 atom stereocenters. The SMILES string of the molecule is CCCCCC(C)NC(=O)c1cc(F)cnc1NCCC. The molecule has 118 valence electrons. The number of aromatic nitrogens is 1. The van der Waals surface area contributed by atoms with Gasteiger partial charge in [-0.15, -0.1) is 0 Å². The number of hydrogen-bond donors (Lipinski definition) is 2. The second-order valence-electron chi connectivity index (χ2n) is 5.35. The topological polar surface area (TPSA) is 54.0 Å². The van der Waals surface area contributed by atoms with E-state index >= 15 is 0 Å². The Kier molecular flexibility index (Phi) is 7.72. The van der Waals surface area contributed by atoms with Gasteiger partial charge in [-0.1, -0.05) is 33.1 Å². The minimum Gasteiger partial charge on any atom is -0.369 e. The van der Waals surface area contributed by atoms with Crippen molar-refractivity contribution in [1.82, 2.24) is 10.3 Å². The van der Waals surface area contributed by atoms with Gasteiger partial charge in [-0.25, -0.2) is 9.37 Å². The third kappa shape index (κ3) is 6.10. The lowest BCUT2D eigenvalue weighted by atomic mass is 10.1. The molecule has 1 heterocycles. The van der Waals surface area contributed by atoms with Crippen molar-refractivity contribution in [2.75, 3.05) is 11.9 Å². The van der Waals surface area contributed by atoms with E-state index < -0.39 is 5.82 Å². The maximum absolute atomic E-state index is 13.3. The third-order valence-corrected chi connectivity index (χ3v) is 3.26. The van der Waals surface area contributed by atoms with E-state index in [1.54, 1.807) is 0 Å². The molecule has 5 heteroatoms. The van der Waals surface area contributed by atoms with Gasteiger partial charge < -0.3 is 10.6 Å². The fraction of sp³-hybridized carbons (Fsp3) is 0.625. The van der Waals surface area contributed by atoms with Gasteiger partial charge in [0.2, 0.25) is 0 Å². The lowest BCUT2D eigenvalue weighted by Gasteiger charge is -2.15. The molecule has 1 aromatic heterocycles.